The van der Waals surface area contributed by atoms with Crippen molar-refractivity contribution in [1.29, 1.82) is 5.26 Å². The minimum absolute atomic E-state index is 0.443. The Hall–Kier alpha value is -1.93. The zero-order valence-corrected chi connectivity index (χ0v) is 13.4. The SMILES string of the molecule is COc1cc(C#N)c(N=CN(C)C)cc1OCCCCCl. The van der Waals surface area contributed by atoms with E-state index in [9.17, 15) is 5.26 Å². The lowest BCUT2D eigenvalue weighted by molar-refractivity contribution is 0.288. The summed E-state index contributed by atoms with van der Waals surface area (Å²) in [7, 11) is 5.27. The molecule has 1 aromatic rings. The molecule has 6 heteroatoms. The summed E-state index contributed by atoms with van der Waals surface area (Å²) in [4.78, 5) is 6.08. The van der Waals surface area contributed by atoms with Crippen LogP contribution >= 0.6 is 11.6 Å². The minimum Gasteiger partial charge on any atom is -0.493 e. The number of unbranched alkanes of at least 4 members (excludes halogenated alkanes) is 1. The summed E-state index contributed by atoms with van der Waals surface area (Å²) in [6.07, 6.45) is 3.40. The van der Waals surface area contributed by atoms with Crippen LogP contribution in [-0.2, 0) is 0 Å². The number of hydrogen-bond donors (Lipinski definition) is 0. The molecule has 0 atom stereocenters. The molecule has 0 unspecified atom stereocenters. The van der Waals surface area contributed by atoms with Crippen LogP contribution in [0.2, 0.25) is 0 Å². The second-order valence-electron chi connectivity index (χ2n) is 4.58. The van der Waals surface area contributed by atoms with Crippen molar-refractivity contribution in [1.82, 2.24) is 4.90 Å². The van der Waals surface area contributed by atoms with Crippen molar-refractivity contribution in [2.45, 2.75) is 12.8 Å². The first-order valence-electron chi connectivity index (χ1n) is 6.64. The summed E-state index contributed by atoms with van der Waals surface area (Å²) in [6, 6.07) is 5.47. The molecule has 0 heterocycles. The third-order valence-corrected chi connectivity index (χ3v) is 2.88. The molecule has 21 heavy (non-hydrogen) atoms. The Kier molecular flexibility index (Phi) is 7.41. The van der Waals surface area contributed by atoms with Gasteiger partial charge in [0.25, 0.3) is 0 Å². The largest absolute Gasteiger partial charge is 0.493 e. The van der Waals surface area contributed by atoms with E-state index >= 15 is 0 Å². The fraction of sp³-hybridized carbons (Fsp3) is 0.467. The van der Waals surface area contributed by atoms with Crippen molar-refractivity contribution in [3.63, 3.8) is 0 Å². The number of alkyl halides is 1. The summed E-state index contributed by atoms with van der Waals surface area (Å²) in [5.74, 6) is 1.73. The number of ether oxygens (including phenoxy) is 2. The van der Waals surface area contributed by atoms with Gasteiger partial charge in [0.2, 0.25) is 0 Å². The Morgan fingerprint density at radius 2 is 2.10 bits per heavy atom. The third-order valence-electron chi connectivity index (χ3n) is 2.62. The minimum atomic E-state index is 0.443. The molecule has 0 saturated carbocycles. The van der Waals surface area contributed by atoms with Crippen molar-refractivity contribution in [2.24, 2.45) is 4.99 Å². The number of nitrogens with zero attached hydrogens (tertiary/aromatic N) is 3. The molecular formula is C15H20ClN3O2. The Morgan fingerprint density at radius 1 is 1.33 bits per heavy atom. The second kappa shape index (κ2) is 9.09. The second-order valence-corrected chi connectivity index (χ2v) is 4.96. The average Bonchev–Trinajstić information content (AvgIpc) is 2.49. The van der Waals surface area contributed by atoms with Crippen LogP contribution in [0.5, 0.6) is 11.5 Å². The fourth-order valence-corrected chi connectivity index (χ4v) is 1.76. The van der Waals surface area contributed by atoms with Crippen LogP contribution in [0.3, 0.4) is 0 Å². The van der Waals surface area contributed by atoms with E-state index in [0.29, 0.717) is 35.2 Å². The van der Waals surface area contributed by atoms with Gasteiger partial charge in [0, 0.05) is 32.1 Å². The number of aliphatic imine (C=N–C) groups is 1. The molecule has 0 saturated heterocycles. The summed E-state index contributed by atoms with van der Waals surface area (Å²) in [6.45, 7) is 0.547. The van der Waals surface area contributed by atoms with Gasteiger partial charge in [0.1, 0.15) is 6.07 Å². The maximum atomic E-state index is 9.19. The lowest BCUT2D eigenvalue weighted by Crippen LogP contribution is -2.07. The van der Waals surface area contributed by atoms with Gasteiger partial charge in [-0.15, -0.1) is 11.6 Å². The van der Waals surface area contributed by atoms with E-state index in [2.05, 4.69) is 11.1 Å². The van der Waals surface area contributed by atoms with Gasteiger partial charge in [-0.3, -0.25) is 0 Å². The van der Waals surface area contributed by atoms with Gasteiger partial charge >= 0.3 is 0 Å². The number of halogens is 1. The highest BCUT2D eigenvalue weighted by molar-refractivity contribution is 6.17. The van der Waals surface area contributed by atoms with E-state index in [-0.39, 0.29) is 0 Å². The normalized spacial score (nSPS) is 10.4. The van der Waals surface area contributed by atoms with Crippen LogP contribution in [-0.4, -0.2) is 44.9 Å². The van der Waals surface area contributed by atoms with Crippen LogP contribution in [0.4, 0.5) is 5.69 Å². The standard InChI is InChI=1S/C15H20ClN3O2/c1-19(2)11-18-13-9-15(21-7-5-4-6-16)14(20-3)8-12(13)10-17/h8-9,11H,4-7H2,1-3H3. The van der Waals surface area contributed by atoms with E-state index in [0.717, 1.165) is 12.8 Å². The Morgan fingerprint density at radius 3 is 2.67 bits per heavy atom. The molecule has 0 aliphatic rings. The highest BCUT2D eigenvalue weighted by Crippen LogP contribution is 2.34. The van der Waals surface area contributed by atoms with E-state index in [1.807, 2.05) is 14.1 Å². The maximum absolute atomic E-state index is 9.19. The smallest absolute Gasteiger partial charge is 0.163 e. The van der Waals surface area contributed by atoms with Crippen LogP contribution in [0, 0.1) is 11.3 Å². The van der Waals surface area contributed by atoms with Crippen LogP contribution < -0.4 is 9.47 Å². The Bertz CT molecular complexity index is 524. The molecule has 0 aliphatic carbocycles. The topological polar surface area (TPSA) is 57.8 Å². The highest BCUT2D eigenvalue weighted by atomic mass is 35.5. The molecule has 114 valence electrons. The average molecular weight is 310 g/mol. The number of nitriles is 1. The van der Waals surface area contributed by atoms with E-state index < -0.39 is 0 Å². The lowest BCUT2D eigenvalue weighted by Gasteiger charge is -2.12. The van der Waals surface area contributed by atoms with E-state index in [1.165, 1.54) is 0 Å². The van der Waals surface area contributed by atoms with Crippen molar-refractivity contribution in [3.05, 3.63) is 17.7 Å². The van der Waals surface area contributed by atoms with Crippen molar-refractivity contribution < 1.29 is 9.47 Å². The molecule has 0 aromatic heterocycles. The fourth-order valence-electron chi connectivity index (χ4n) is 1.57. The van der Waals surface area contributed by atoms with E-state index in [4.69, 9.17) is 21.1 Å². The van der Waals surface area contributed by atoms with Crippen molar-refractivity contribution in [2.75, 3.05) is 33.7 Å². The number of methoxy groups -OCH3 is 1. The molecule has 1 aromatic carbocycles. The Balaban J connectivity index is 3.00. The lowest BCUT2D eigenvalue weighted by atomic mass is 10.1. The number of benzene rings is 1. The summed E-state index contributed by atoms with van der Waals surface area (Å²) < 4.78 is 11.0. The first kappa shape index (κ1) is 17.1. The molecule has 0 N–H and O–H groups in total. The molecule has 0 aliphatic heterocycles. The highest BCUT2D eigenvalue weighted by Gasteiger charge is 2.11. The quantitative estimate of drug-likeness (QED) is 0.320. The van der Waals surface area contributed by atoms with Crippen molar-refractivity contribution in [3.8, 4) is 17.6 Å². The van der Waals surface area contributed by atoms with Gasteiger partial charge in [0.05, 0.1) is 31.3 Å². The predicted octanol–water partition coefficient (Wildman–Crippen LogP) is 3.19. The van der Waals surface area contributed by atoms with Gasteiger partial charge < -0.3 is 14.4 Å². The summed E-state index contributed by atoms with van der Waals surface area (Å²) >= 11 is 5.64. The zero-order chi connectivity index (χ0) is 15.7. The van der Waals surface area contributed by atoms with Crippen LogP contribution in [0.25, 0.3) is 0 Å². The Labute approximate surface area is 130 Å². The molecular weight excluding hydrogens is 290 g/mol. The van der Waals surface area contributed by atoms with Gasteiger partial charge in [-0.05, 0) is 12.8 Å². The van der Waals surface area contributed by atoms with Crippen molar-refractivity contribution >= 4 is 23.6 Å². The van der Waals surface area contributed by atoms with Gasteiger partial charge in [-0.25, -0.2) is 4.99 Å². The molecule has 5 nitrogen and oxygen atoms in total. The first-order valence-corrected chi connectivity index (χ1v) is 7.17. The monoisotopic (exact) mass is 309 g/mol. The van der Waals surface area contributed by atoms with E-state index in [1.54, 1.807) is 30.5 Å². The zero-order valence-electron chi connectivity index (χ0n) is 12.6. The molecule has 0 spiro atoms. The van der Waals surface area contributed by atoms with Gasteiger partial charge in [-0.1, -0.05) is 0 Å². The van der Waals surface area contributed by atoms with Crippen LogP contribution in [0.1, 0.15) is 18.4 Å². The summed E-state index contributed by atoms with van der Waals surface area (Å²) in [5, 5.41) is 9.19. The molecule has 0 bridgehead atoms. The molecule has 0 fully saturated rings. The number of rotatable bonds is 8. The summed E-state index contributed by atoms with van der Waals surface area (Å²) in [5.41, 5.74) is 0.998. The molecule has 0 amide bonds. The predicted molar refractivity (Wildman–Crippen MR) is 85.0 cm³/mol. The molecule has 1 rings (SSSR count). The van der Waals surface area contributed by atoms with Gasteiger partial charge in [0.15, 0.2) is 11.5 Å². The first-order chi connectivity index (χ1) is 10.1. The maximum Gasteiger partial charge on any atom is 0.163 e. The van der Waals surface area contributed by atoms with Crippen LogP contribution in [0.15, 0.2) is 17.1 Å². The third kappa shape index (κ3) is 5.52. The number of hydrogen-bond acceptors (Lipinski definition) is 4. The molecule has 0 radical (unpaired) electrons. The van der Waals surface area contributed by atoms with Gasteiger partial charge in [-0.2, -0.15) is 5.26 Å².